The molecule has 1 aliphatic rings. The van der Waals surface area contributed by atoms with E-state index in [2.05, 4.69) is 4.90 Å². The van der Waals surface area contributed by atoms with Gasteiger partial charge in [-0.1, -0.05) is 12.1 Å². The van der Waals surface area contributed by atoms with E-state index in [0.29, 0.717) is 31.9 Å². The second kappa shape index (κ2) is 5.91. The van der Waals surface area contributed by atoms with Gasteiger partial charge in [-0.15, -0.1) is 0 Å². The van der Waals surface area contributed by atoms with Gasteiger partial charge in [-0.05, 0) is 19.1 Å². The number of para-hydroxylation sites is 2. The molecule has 0 amide bonds. The molecule has 1 saturated heterocycles. The highest BCUT2D eigenvalue weighted by Crippen LogP contribution is 2.27. The van der Waals surface area contributed by atoms with Gasteiger partial charge in [0.25, 0.3) is 5.92 Å². The number of nitrogens with two attached hydrogens (primary N) is 1. The summed E-state index contributed by atoms with van der Waals surface area (Å²) in [6.45, 7) is 1.95. The Morgan fingerprint density at radius 2 is 1.80 bits per heavy atom. The Hall–Kier alpha value is -1.43. The fourth-order valence-corrected chi connectivity index (χ4v) is 2.50. The molecule has 1 aromatic carbocycles. The van der Waals surface area contributed by atoms with Crippen LogP contribution in [0.1, 0.15) is 6.92 Å². The third kappa shape index (κ3) is 3.00. The van der Waals surface area contributed by atoms with E-state index in [1.807, 2.05) is 24.3 Å². The third-order valence-electron chi connectivity index (χ3n) is 3.93. The zero-order chi connectivity index (χ0) is 14.8. The molecule has 1 heterocycles. The fourth-order valence-electron chi connectivity index (χ4n) is 2.50. The number of benzene rings is 1. The molecule has 0 bridgehead atoms. The number of nitrogens with zero attached hydrogens (tertiary/aromatic N) is 2. The first-order valence-electron chi connectivity index (χ1n) is 6.73. The molecular formula is C14H20F3N3. The van der Waals surface area contributed by atoms with Crippen molar-refractivity contribution in [2.45, 2.75) is 18.9 Å². The van der Waals surface area contributed by atoms with Crippen LogP contribution in [0.25, 0.3) is 0 Å². The highest BCUT2D eigenvalue weighted by molar-refractivity contribution is 5.67. The van der Waals surface area contributed by atoms with Crippen LogP contribution in [0.3, 0.4) is 0 Å². The van der Waals surface area contributed by atoms with Crippen LogP contribution in [-0.4, -0.2) is 49.7 Å². The van der Waals surface area contributed by atoms with E-state index in [1.54, 1.807) is 4.90 Å². The lowest BCUT2D eigenvalue weighted by atomic mass is 10.1. The maximum absolute atomic E-state index is 13.4. The number of rotatable bonds is 4. The summed E-state index contributed by atoms with van der Waals surface area (Å²) < 4.78 is 39.1. The molecule has 6 heteroatoms. The van der Waals surface area contributed by atoms with Gasteiger partial charge < -0.3 is 10.6 Å². The summed E-state index contributed by atoms with van der Waals surface area (Å²) in [5.41, 5.74) is 7.52. The highest BCUT2D eigenvalue weighted by Gasteiger charge is 2.41. The van der Waals surface area contributed by atoms with E-state index in [9.17, 15) is 13.2 Å². The Morgan fingerprint density at radius 3 is 2.35 bits per heavy atom. The Kier molecular flexibility index (Phi) is 4.42. The van der Waals surface area contributed by atoms with Crippen LogP contribution in [0, 0.1) is 0 Å². The lowest BCUT2D eigenvalue weighted by molar-refractivity contribution is -0.0907. The van der Waals surface area contributed by atoms with Gasteiger partial charge in [0.05, 0.1) is 17.4 Å². The van der Waals surface area contributed by atoms with Gasteiger partial charge in [0.15, 0.2) is 6.67 Å². The van der Waals surface area contributed by atoms with Crippen LogP contribution >= 0.6 is 0 Å². The topological polar surface area (TPSA) is 32.5 Å². The van der Waals surface area contributed by atoms with Crippen LogP contribution in [0.2, 0.25) is 0 Å². The maximum Gasteiger partial charge on any atom is 0.290 e. The summed E-state index contributed by atoms with van der Waals surface area (Å²) in [5.74, 6) is -3.28. The van der Waals surface area contributed by atoms with E-state index in [-0.39, 0.29) is 0 Å². The van der Waals surface area contributed by atoms with E-state index in [4.69, 9.17) is 5.73 Å². The van der Waals surface area contributed by atoms with Crippen molar-refractivity contribution in [2.24, 2.45) is 0 Å². The maximum atomic E-state index is 13.4. The van der Waals surface area contributed by atoms with Gasteiger partial charge in [0.2, 0.25) is 0 Å². The molecule has 0 spiro atoms. The van der Waals surface area contributed by atoms with E-state index < -0.39 is 18.6 Å². The molecular weight excluding hydrogens is 267 g/mol. The fraction of sp³-hybridized carbons (Fsp3) is 0.571. The lowest BCUT2D eigenvalue weighted by Crippen LogP contribution is -2.55. The summed E-state index contributed by atoms with van der Waals surface area (Å²) in [4.78, 5) is 3.71. The van der Waals surface area contributed by atoms with Crippen molar-refractivity contribution in [3.8, 4) is 0 Å². The SMILES string of the molecule is CC(N1CCN(c2ccccc2N)CC1)C(F)(F)CF. The predicted octanol–water partition coefficient (Wildman–Crippen LogP) is 2.38. The highest BCUT2D eigenvalue weighted by atomic mass is 19.3. The normalized spacial score (nSPS) is 19.1. The first-order chi connectivity index (χ1) is 9.45. The number of nitrogen functional groups attached to an aromatic ring is 1. The molecule has 0 saturated carbocycles. The first kappa shape index (κ1) is 15.0. The molecule has 1 aromatic rings. The summed E-state index contributed by atoms with van der Waals surface area (Å²) in [6, 6.07) is 6.42. The van der Waals surface area contributed by atoms with Crippen molar-refractivity contribution in [3.63, 3.8) is 0 Å². The summed E-state index contributed by atoms with van der Waals surface area (Å²) >= 11 is 0. The zero-order valence-electron chi connectivity index (χ0n) is 11.5. The quantitative estimate of drug-likeness (QED) is 0.863. The predicted molar refractivity (Wildman–Crippen MR) is 75.0 cm³/mol. The Balaban J connectivity index is 1.98. The Morgan fingerprint density at radius 1 is 1.20 bits per heavy atom. The molecule has 1 aliphatic heterocycles. The molecule has 1 atom stereocenters. The molecule has 0 radical (unpaired) electrons. The van der Waals surface area contributed by atoms with Crippen LogP contribution < -0.4 is 10.6 Å². The van der Waals surface area contributed by atoms with Crippen LogP contribution in [0.4, 0.5) is 24.5 Å². The van der Waals surface area contributed by atoms with E-state index in [0.717, 1.165) is 5.69 Å². The van der Waals surface area contributed by atoms with Crippen molar-refractivity contribution in [1.82, 2.24) is 4.90 Å². The van der Waals surface area contributed by atoms with E-state index in [1.165, 1.54) is 6.92 Å². The average molecular weight is 287 g/mol. The number of halogens is 3. The van der Waals surface area contributed by atoms with Crippen LogP contribution in [0.15, 0.2) is 24.3 Å². The number of anilines is 2. The minimum Gasteiger partial charge on any atom is -0.397 e. The monoisotopic (exact) mass is 287 g/mol. The summed E-state index contributed by atoms with van der Waals surface area (Å²) in [5, 5.41) is 0. The van der Waals surface area contributed by atoms with Crippen molar-refractivity contribution >= 4 is 11.4 Å². The van der Waals surface area contributed by atoms with Gasteiger partial charge in [0, 0.05) is 26.2 Å². The Bertz CT molecular complexity index is 445. The van der Waals surface area contributed by atoms with Gasteiger partial charge in [-0.3, -0.25) is 4.90 Å². The second-order valence-corrected chi connectivity index (χ2v) is 5.15. The Labute approximate surface area is 117 Å². The van der Waals surface area contributed by atoms with Crippen molar-refractivity contribution in [1.29, 1.82) is 0 Å². The van der Waals surface area contributed by atoms with Gasteiger partial charge >= 0.3 is 0 Å². The zero-order valence-corrected chi connectivity index (χ0v) is 11.5. The van der Waals surface area contributed by atoms with Crippen molar-refractivity contribution in [3.05, 3.63) is 24.3 Å². The summed E-state index contributed by atoms with van der Waals surface area (Å²) in [7, 11) is 0. The van der Waals surface area contributed by atoms with Crippen LogP contribution in [0.5, 0.6) is 0 Å². The smallest absolute Gasteiger partial charge is 0.290 e. The minimum atomic E-state index is -3.28. The van der Waals surface area contributed by atoms with Gasteiger partial charge in [-0.25, -0.2) is 13.2 Å². The largest absolute Gasteiger partial charge is 0.397 e. The van der Waals surface area contributed by atoms with Gasteiger partial charge in [0.1, 0.15) is 0 Å². The number of hydrogen-bond donors (Lipinski definition) is 1. The van der Waals surface area contributed by atoms with Crippen LogP contribution in [-0.2, 0) is 0 Å². The molecule has 0 aromatic heterocycles. The lowest BCUT2D eigenvalue weighted by Gasteiger charge is -2.41. The molecule has 2 rings (SSSR count). The average Bonchev–Trinajstić information content (AvgIpc) is 2.47. The standard InChI is InChI=1S/C14H20F3N3/c1-11(14(16,17)10-15)19-6-8-20(9-7-19)13-5-3-2-4-12(13)18/h2-5,11H,6-10,18H2,1H3. The molecule has 1 unspecified atom stereocenters. The molecule has 1 fully saturated rings. The first-order valence-corrected chi connectivity index (χ1v) is 6.73. The summed E-state index contributed by atoms with van der Waals surface area (Å²) in [6.07, 6.45) is 0. The number of alkyl halides is 3. The molecule has 3 nitrogen and oxygen atoms in total. The van der Waals surface area contributed by atoms with Crippen molar-refractivity contribution < 1.29 is 13.2 Å². The van der Waals surface area contributed by atoms with E-state index >= 15 is 0 Å². The number of piperazine rings is 1. The van der Waals surface area contributed by atoms with Crippen molar-refractivity contribution in [2.75, 3.05) is 43.5 Å². The molecule has 20 heavy (non-hydrogen) atoms. The number of hydrogen-bond acceptors (Lipinski definition) is 3. The molecule has 2 N–H and O–H groups in total. The second-order valence-electron chi connectivity index (χ2n) is 5.15. The minimum absolute atomic E-state index is 0.477. The third-order valence-corrected chi connectivity index (χ3v) is 3.93. The molecule has 112 valence electrons. The van der Waals surface area contributed by atoms with Gasteiger partial charge in [-0.2, -0.15) is 0 Å². The molecule has 0 aliphatic carbocycles.